The van der Waals surface area contributed by atoms with Crippen LogP contribution < -0.4 is 14.8 Å². The zero-order valence-electron chi connectivity index (χ0n) is 15.2. The molecule has 9 heteroatoms. The van der Waals surface area contributed by atoms with Crippen LogP contribution in [0.2, 0.25) is 0 Å². The van der Waals surface area contributed by atoms with Gasteiger partial charge in [-0.2, -0.15) is 5.10 Å². The van der Waals surface area contributed by atoms with Gasteiger partial charge in [-0.15, -0.1) is 0 Å². The first-order valence-corrected chi connectivity index (χ1v) is 8.24. The van der Waals surface area contributed by atoms with Crippen molar-refractivity contribution in [1.29, 1.82) is 0 Å². The molecule has 3 aromatic rings. The molecule has 0 bridgehead atoms. The lowest BCUT2D eigenvalue weighted by Gasteiger charge is -2.12. The third kappa shape index (κ3) is 4.32. The number of amides is 1. The number of halogens is 1. The largest absolute Gasteiger partial charge is 0.493 e. The summed E-state index contributed by atoms with van der Waals surface area (Å²) in [6.07, 6.45) is 2.67. The van der Waals surface area contributed by atoms with E-state index in [0.29, 0.717) is 17.1 Å². The molecule has 0 aliphatic rings. The molecule has 144 valence electrons. The van der Waals surface area contributed by atoms with E-state index in [9.17, 15) is 14.0 Å². The second kappa shape index (κ2) is 8.30. The molecule has 0 fully saturated rings. The molecular weight excluding hydrogens is 367 g/mol. The first-order chi connectivity index (χ1) is 13.5. The van der Waals surface area contributed by atoms with E-state index in [1.54, 1.807) is 18.2 Å². The minimum atomic E-state index is -0.564. The van der Waals surface area contributed by atoms with Gasteiger partial charge in [0.25, 0.3) is 5.91 Å². The fraction of sp³-hybridized carbons (Fsp3) is 0.158. The molecule has 2 aromatic carbocycles. The van der Waals surface area contributed by atoms with Crippen molar-refractivity contribution >= 4 is 17.4 Å². The van der Waals surface area contributed by atoms with Crippen LogP contribution in [0.3, 0.4) is 0 Å². The molecule has 0 atom stereocenters. The number of rotatable bonds is 7. The summed E-state index contributed by atoms with van der Waals surface area (Å²) in [7, 11) is 1.44. The van der Waals surface area contributed by atoms with Gasteiger partial charge in [0.1, 0.15) is 18.3 Å². The Hall–Kier alpha value is -3.75. The van der Waals surface area contributed by atoms with Crippen molar-refractivity contribution in [2.75, 3.05) is 19.0 Å². The van der Waals surface area contributed by atoms with Gasteiger partial charge in [-0.1, -0.05) is 0 Å². The highest BCUT2D eigenvalue weighted by Gasteiger charge is 2.12. The molecule has 28 heavy (non-hydrogen) atoms. The molecule has 0 spiro atoms. The summed E-state index contributed by atoms with van der Waals surface area (Å²) >= 11 is 0. The number of carbonyl (C=O) groups excluding carboxylic acids is 2. The Morgan fingerprint density at radius 3 is 2.64 bits per heavy atom. The molecule has 0 radical (unpaired) electrons. The number of ketones is 1. The van der Waals surface area contributed by atoms with Gasteiger partial charge in [0.2, 0.25) is 0 Å². The van der Waals surface area contributed by atoms with Crippen LogP contribution >= 0.6 is 0 Å². The molecule has 0 unspecified atom stereocenters. The number of aromatic nitrogens is 3. The van der Waals surface area contributed by atoms with Crippen LogP contribution in [-0.2, 0) is 4.79 Å². The molecular formula is C19H17FN4O4. The Morgan fingerprint density at radius 1 is 1.18 bits per heavy atom. The number of ether oxygens (including phenoxy) is 2. The monoisotopic (exact) mass is 384 g/mol. The first-order valence-electron chi connectivity index (χ1n) is 8.24. The van der Waals surface area contributed by atoms with E-state index in [2.05, 4.69) is 15.4 Å². The molecule has 0 saturated carbocycles. The van der Waals surface area contributed by atoms with Gasteiger partial charge in [0.15, 0.2) is 29.7 Å². The van der Waals surface area contributed by atoms with E-state index in [4.69, 9.17) is 9.47 Å². The summed E-state index contributed by atoms with van der Waals surface area (Å²) < 4.78 is 26.1. The Bertz CT molecular complexity index is 1010. The maximum absolute atomic E-state index is 14.2. The fourth-order valence-electron chi connectivity index (χ4n) is 2.45. The van der Waals surface area contributed by atoms with Crippen LogP contribution in [0.25, 0.3) is 5.69 Å². The number of methoxy groups -OCH3 is 1. The van der Waals surface area contributed by atoms with Gasteiger partial charge in [0.05, 0.1) is 7.11 Å². The smallest absolute Gasteiger partial charge is 0.262 e. The molecule has 1 N–H and O–H groups in total. The summed E-state index contributed by atoms with van der Waals surface area (Å²) in [5, 5.41) is 6.41. The predicted octanol–water partition coefficient (Wildman–Crippen LogP) is 2.64. The van der Waals surface area contributed by atoms with Gasteiger partial charge in [-0.3, -0.25) is 9.59 Å². The summed E-state index contributed by atoms with van der Waals surface area (Å²) in [4.78, 5) is 27.3. The molecule has 1 amide bonds. The van der Waals surface area contributed by atoms with Gasteiger partial charge >= 0.3 is 0 Å². The standard InChI is InChI=1S/C19H17FN4O4/c1-12(25)13-3-6-17(18(7-13)27-2)28-9-19(26)23-14-4-5-16(15(20)8-14)24-11-21-10-22-24/h3-8,10-11H,9H2,1-2H3,(H,23,26). The van der Waals surface area contributed by atoms with Gasteiger partial charge in [-0.25, -0.2) is 14.1 Å². The van der Waals surface area contributed by atoms with Crippen LogP contribution in [0.4, 0.5) is 10.1 Å². The van der Waals surface area contributed by atoms with Crippen LogP contribution in [0.5, 0.6) is 11.5 Å². The van der Waals surface area contributed by atoms with Gasteiger partial charge in [0, 0.05) is 11.3 Å². The maximum Gasteiger partial charge on any atom is 0.262 e. The van der Waals surface area contributed by atoms with Crippen molar-refractivity contribution in [3.05, 3.63) is 60.4 Å². The van der Waals surface area contributed by atoms with E-state index in [1.807, 2.05) is 0 Å². The Kier molecular flexibility index (Phi) is 5.64. The third-order valence-electron chi connectivity index (χ3n) is 3.83. The number of Topliss-reactive ketones (excluding diaryl/α,β-unsaturated/α-hetero) is 1. The van der Waals surface area contributed by atoms with Crippen LogP contribution in [0.1, 0.15) is 17.3 Å². The molecule has 0 aliphatic heterocycles. The third-order valence-corrected chi connectivity index (χ3v) is 3.83. The average Bonchev–Trinajstić information content (AvgIpc) is 3.20. The summed E-state index contributed by atoms with van der Waals surface area (Å²) in [6, 6.07) is 8.86. The number of benzene rings is 2. The molecule has 1 heterocycles. The fourth-order valence-corrected chi connectivity index (χ4v) is 2.45. The second-order valence-corrected chi connectivity index (χ2v) is 5.76. The molecule has 1 aromatic heterocycles. The van der Waals surface area contributed by atoms with Crippen molar-refractivity contribution in [1.82, 2.24) is 14.8 Å². The highest BCUT2D eigenvalue weighted by molar-refractivity contribution is 5.95. The van der Waals surface area contributed by atoms with Crippen molar-refractivity contribution in [2.45, 2.75) is 6.92 Å². The summed E-state index contributed by atoms with van der Waals surface area (Å²) in [5.41, 5.74) is 0.951. The second-order valence-electron chi connectivity index (χ2n) is 5.76. The number of carbonyl (C=O) groups is 2. The topological polar surface area (TPSA) is 95.3 Å². The highest BCUT2D eigenvalue weighted by atomic mass is 19.1. The number of nitrogens with zero attached hydrogens (tertiary/aromatic N) is 3. The lowest BCUT2D eigenvalue weighted by Crippen LogP contribution is -2.20. The Labute approximate surface area is 159 Å². The lowest BCUT2D eigenvalue weighted by molar-refractivity contribution is -0.118. The van der Waals surface area contributed by atoms with Crippen molar-refractivity contribution in [2.24, 2.45) is 0 Å². The first kappa shape index (κ1) is 19.0. The van der Waals surface area contributed by atoms with E-state index >= 15 is 0 Å². The number of anilines is 1. The van der Waals surface area contributed by atoms with Gasteiger partial charge in [-0.05, 0) is 43.3 Å². The quantitative estimate of drug-likeness (QED) is 0.629. The van der Waals surface area contributed by atoms with Crippen LogP contribution in [-0.4, -0.2) is 40.2 Å². The summed E-state index contributed by atoms with van der Waals surface area (Å²) in [5.74, 6) is -0.505. The van der Waals surface area contributed by atoms with Gasteiger partial charge < -0.3 is 14.8 Å². The normalized spacial score (nSPS) is 10.4. The van der Waals surface area contributed by atoms with Crippen LogP contribution in [0.15, 0.2) is 49.1 Å². The average molecular weight is 384 g/mol. The number of nitrogens with one attached hydrogen (secondary N) is 1. The molecule has 0 saturated heterocycles. The number of hydrogen-bond donors (Lipinski definition) is 1. The van der Waals surface area contributed by atoms with Crippen molar-refractivity contribution < 1.29 is 23.5 Å². The molecule has 3 rings (SSSR count). The van der Waals surface area contributed by atoms with Crippen molar-refractivity contribution in [3.8, 4) is 17.2 Å². The predicted molar refractivity (Wildman–Crippen MR) is 98.4 cm³/mol. The summed E-state index contributed by atoms with van der Waals surface area (Å²) in [6.45, 7) is 1.12. The SMILES string of the molecule is COc1cc(C(C)=O)ccc1OCC(=O)Nc1ccc(-n2cncn2)c(F)c1. The van der Waals surface area contributed by atoms with Crippen molar-refractivity contribution in [3.63, 3.8) is 0 Å². The Morgan fingerprint density at radius 2 is 2.00 bits per heavy atom. The zero-order chi connectivity index (χ0) is 20.1. The Balaban J connectivity index is 1.63. The van der Waals surface area contributed by atoms with E-state index in [0.717, 1.165) is 0 Å². The molecule has 8 nitrogen and oxygen atoms in total. The van der Waals surface area contributed by atoms with Crippen LogP contribution in [0, 0.1) is 5.82 Å². The molecule has 0 aliphatic carbocycles. The maximum atomic E-state index is 14.2. The minimum absolute atomic E-state index is 0.112. The highest BCUT2D eigenvalue weighted by Crippen LogP contribution is 2.28. The lowest BCUT2D eigenvalue weighted by atomic mass is 10.1. The zero-order valence-corrected chi connectivity index (χ0v) is 15.2. The number of hydrogen-bond acceptors (Lipinski definition) is 6. The van der Waals surface area contributed by atoms with E-state index < -0.39 is 11.7 Å². The van der Waals surface area contributed by atoms with E-state index in [-0.39, 0.29) is 23.8 Å². The minimum Gasteiger partial charge on any atom is -0.493 e. The van der Waals surface area contributed by atoms with E-state index in [1.165, 1.54) is 49.6 Å².